The van der Waals surface area contributed by atoms with Crippen LogP contribution in [0, 0.1) is 6.92 Å². The molecule has 0 aliphatic heterocycles. The fourth-order valence-corrected chi connectivity index (χ4v) is 2.66. The third kappa shape index (κ3) is 3.34. The van der Waals surface area contributed by atoms with Crippen LogP contribution in [-0.4, -0.2) is 5.78 Å². The molecule has 0 saturated carbocycles. The van der Waals surface area contributed by atoms with E-state index in [-0.39, 0.29) is 11.8 Å². The Balaban J connectivity index is 2.02. The Bertz CT molecular complexity index is 791. The highest BCUT2D eigenvalue weighted by molar-refractivity contribution is 5.95. The van der Waals surface area contributed by atoms with Crippen molar-refractivity contribution in [3.8, 4) is 0 Å². The maximum Gasteiger partial charge on any atom is 0.163 e. The second-order valence-corrected chi connectivity index (χ2v) is 5.53. The van der Waals surface area contributed by atoms with E-state index in [1.165, 1.54) is 0 Å². The van der Waals surface area contributed by atoms with E-state index in [0.29, 0.717) is 11.3 Å². The van der Waals surface area contributed by atoms with Gasteiger partial charge in [0.05, 0.1) is 5.56 Å². The molecule has 116 valence electrons. The van der Waals surface area contributed by atoms with Gasteiger partial charge in [-0.05, 0) is 37.6 Å². The maximum absolute atomic E-state index is 11.7. The van der Waals surface area contributed by atoms with Gasteiger partial charge in [0.1, 0.15) is 17.6 Å². The van der Waals surface area contributed by atoms with Crippen molar-refractivity contribution in [2.24, 2.45) is 0 Å². The van der Waals surface area contributed by atoms with Crippen LogP contribution in [0.2, 0.25) is 0 Å². The zero-order valence-electron chi connectivity index (χ0n) is 13.2. The summed E-state index contributed by atoms with van der Waals surface area (Å²) in [6.07, 6.45) is 0. The number of anilines is 1. The van der Waals surface area contributed by atoms with E-state index in [4.69, 9.17) is 4.42 Å². The number of Topliss-reactive ketones (excluding diaryl/α,β-unsaturated/α-hetero) is 1. The predicted molar refractivity (Wildman–Crippen MR) is 91.8 cm³/mol. The molecule has 0 spiro atoms. The minimum atomic E-state index is -0.148. The number of nitrogens with one attached hydrogen (secondary N) is 1. The maximum atomic E-state index is 11.7. The van der Waals surface area contributed by atoms with E-state index in [9.17, 15) is 4.79 Å². The van der Waals surface area contributed by atoms with E-state index in [1.807, 2.05) is 73.7 Å². The molecule has 2 aromatic carbocycles. The third-order valence-electron chi connectivity index (χ3n) is 3.82. The number of rotatable bonds is 5. The minimum absolute atomic E-state index is 0.0176. The number of hydrogen-bond donors (Lipinski definition) is 1. The molecule has 0 radical (unpaired) electrons. The molecule has 3 nitrogen and oxygen atoms in total. The van der Waals surface area contributed by atoms with Crippen molar-refractivity contribution in [3.05, 3.63) is 89.4 Å². The van der Waals surface area contributed by atoms with Crippen molar-refractivity contribution in [2.75, 3.05) is 5.32 Å². The first kappa shape index (κ1) is 15.1. The van der Waals surface area contributed by atoms with Gasteiger partial charge in [-0.3, -0.25) is 4.79 Å². The van der Waals surface area contributed by atoms with Crippen LogP contribution in [0.25, 0.3) is 0 Å². The van der Waals surface area contributed by atoms with Crippen molar-refractivity contribution in [1.82, 2.24) is 0 Å². The number of aryl methyl sites for hydroxylation is 1. The highest BCUT2D eigenvalue weighted by Gasteiger charge is 2.21. The first-order valence-electron chi connectivity index (χ1n) is 7.63. The molecular weight excluding hydrogens is 286 g/mol. The van der Waals surface area contributed by atoms with Crippen LogP contribution >= 0.6 is 0 Å². The Hall–Kier alpha value is -2.81. The molecule has 3 heteroatoms. The van der Waals surface area contributed by atoms with Crippen molar-refractivity contribution >= 4 is 11.5 Å². The molecule has 1 aromatic heterocycles. The Morgan fingerprint density at radius 2 is 1.61 bits per heavy atom. The molecule has 3 aromatic rings. The monoisotopic (exact) mass is 305 g/mol. The zero-order chi connectivity index (χ0) is 16.2. The normalized spacial score (nSPS) is 11.9. The summed E-state index contributed by atoms with van der Waals surface area (Å²) in [5, 5.41) is 3.49. The number of furan rings is 1. The van der Waals surface area contributed by atoms with E-state index in [1.54, 1.807) is 6.92 Å². The molecule has 1 unspecified atom stereocenters. The molecule has 1 heterocycles. The van der Waals surface area contributed by atoms with Crippen molar-refractivity contribution in [3.63, 3.8) is 0 Å². The van der Waals surface area contributed by atoms with Gasteiger partial charge in [0.25, 0.3) is 0 Å². The number of para-hydroxylation sites is 1. The van der Waals surface area contributed by atoms with Crippen LogP contribution in [0.15, 0.2) is 71.1 Å². The van der Waals surface area contributed by atoms with Gasteiger partial charge in [0, 0.05) is 5.69 Å². The van der Waals surface area contributed by atoms with E-state index in [2.05, 4.69) is 5.32 Å². The molecule has 0 aliphatic carbocycles. The first-order valence-corrected chi connectivity index (χ1v) is 7.63. The average Bonchev–Trinajstić information content (AvgIpc) is 2.96. The zero-order valence-corrected chi connectivity index (χ0v) is 13.2. The highest BCUT2D eigenvalue weighted by atomic mass is 16.3. The second-order valence-electron chi connectivity index (χ2n) is 5.53. The molecule has 1 N–H and O–H groups in total. The molecule has 0 amide bonds. The summed E-state index contributed by atoms with van der Waals surface area (Å²) in [5.41, 5.74) is 2.72. The largest absolute Gasteiger partial charge is 0.463 e. The first-order chi connectivity index (χ1) is 11.1. The molecule has 0 aliphatic rings. The summed E-state index contributed by atoms with van der Waals surface area (Å²) in [7, 11) is 0. The number of carbonyl (C=O) groups is 1. The number of carbonyl (C=O) groups excluding carboxylic acids is 1. The summed E-state index contributed by atoms with van der Waals surface area (Å²) in [4.78, 5) is 11.7. The van der Waals surface area contributed by atoms with Crippen LogP contribution in [0.4, 0.5) is 5.69 Å². The predicted octanol–water partition coefficient (Wildman–Crippen LogP) is 4.99. The Morgan fingerprint density at radius 1 is 1.00 bits per heavy atom. The standard InChI is InChI=1S/C20H19NO2/c1-14(22)18-13-19(23-15(18)2)20(16-9-5-3-6-10-16)21-17-11-7-4-8-12-17/h3-13,20-21H,1-2H3. The van der Waals surface area contributed by atoms with E-state index in [0.717, 1.165) is 17.0 Å². The molecule has 3 rings (SSSR count). The van der Waals surface area contributed by atoms with E-state index < -0.39 is 0 Å². The quantitative estimate of drug-likeness (QED) is 0.675. The summed E-state index contributed by atoms with van der Waals surface area (Å²) in [5.74, 6) is 1.41. The topological polar surface area (TPSA) is 42.2 Å². The fourth-order valence-electron chi connectivity index (χ4n) is 2.66. The molecule has 0 fully saturated rings. The lowest BCUT2D eigenvalue weighted by atomic mass is 10.0. The lowest BCUT2D eigenvalue weighted by Crippen LogP contribution is -2.11. The van der Waals surface area contributed by atoms with Gasteiger partial charge in [0.15, 0.2) is 5.78 Å². The van der Waals surface area contributed by atoms with Crippen molar-refractivity contribution in [1.29, 1.82) is 0 Å². The Labute approximate surface area is 136 Å². The van der Waals surface area contributed by atoms with Gasteiger partial charge in [-0.2, -0.15) is 0 Å². The highest BCUT2D eigenvalue weighted by Crippen LogP contribution is 2.30. The molecule has 23 heavy (non-hydrogen) atoms. The summed E-state index contributed by atoms with van der Waals surface area (Å²) >= 11 is 0. The molecule has 1 atom stereocenters. The van der Waals surface area contributed by atoms with Gasteiger partial charge in [0.2, 0.25) is 0 Å². The van der Waals surface area contributed by atoms with Crippen LogP contribution in [0.5, 0.6) is 0 Å². The second kappa shape index (κ2) is 6.53. The van der Waals surface area contributed by atoms with Gasteiger partial charge >= 0.3 is 0 Å². The van der Waals surface area contributed by atoms with Gasteiger partial charge in [-0.25, -0.2) is 0 Å². The van der Waals surface area contributed by atoms with E-state index >= 15 is 0 Å². The lowest BCUT2D eigenvalue weighted by Gasteiger charge is -2.18. The SMILES string of the molecule is CC(=O)c1cc(C(Nc2ccccc2)c2ccccc2)oc1C. The third-order valence-corrected chi connectivity index (χ3v) is 3.82. The minimum Gasteiger partial charge on any atom is -0.463 e. The summed E-state index contributed by atoms with van der Waals surface area (Å²) < 4.78 is 5.88. The molecular formula is C20H19NO2. The van der Waals surface area contributed by atoms with Gasteiger partial charge in [-0.15, -0.1) is 0 Å². The average molecular weight is 305 g/mol. The van der Waals surface area contributed by atoms with Crippen LogP contribution in [0.1, 0.15) is 40.4 Å². The molecule has 0 saturated heterocycles. The van der Waals surface area contributed by atoms with Crippen LogP contribution < -0.4 is 5.32 Å². The smallest absolute Gasteiger partial charge is 0.163 e. The van der Waals surface area contributed by atoms with Crippen molar-refractivity contribution < 1.29 is 9.21 Å². The van der Waals surface area contributed by atoms with Crippen LogP contribution in [-0.2, 0) is 0 Å². The van der Waals surface area contributed by atoms with Gasteiger partial charge < -0.3 is 9.73 Å². The Kier molecular flexibility index (Phi) is 4.29. The fraction of sp³-hybridized carbons (Fsp3) is 0.150. The summed E-state index contributed by atoms with van der Waals surface area (Å²) in [6, 6.07) is 21.7. The number of benzene rings is 2. The Morgan fingerprint density at radius 3 is 2.17 bits per heavy atom. The summed E-state index contributed by atoms with van der Waals surface area (Å²) in [6.45, 7) is 3.38. The number of ketones is 1. The van der Waals surface area contributed by atoms with Gasteiger partial charge in [-0.1, -0.05) is 48.5 Å². The lowest BCUT2D eigenvalue weighted by molar-refractivity contribution is 0.101. The van der Waals surface area contributed by atoms with Crippen LogP contribution in [0.3, 0.4) is 0 Å². The molecule has 0 bridgehead atoms. The van der Waals surface area contributed by atoms with Crippen molar-refractivity contribution in [2.45, 2.75) is 19.9 Å². The number of hydrogen-bond acceptors (Lipinski definition) is 3.